The van der Waals surface area contributed by atoms with Gasteiger partial charge in [0.2, 0.25) is 0 Å². The Labute approximate surface area is 189 Å². The second kappa shape index (κ2) is 12.6. The second-order valence-electron chi connectivity index (χ2n) is 8.47. The summed E-state index contributed by atoms with van der Waals surface area (Å²) in [5.74, 6) is 0.903. The minimum Gasteiger partial charge on any atom is -0.357 e. The lowest BCUT2D eigenvalue weighted by molar-refractivity contribution is 0.0982. The van der Waals surface area contributed by atoms with Crippen LogP contribution < -0.4 is 10.6 Å². The van der Waals surface area contributed by atoms with Crippen molar-refractivity contribution >= 4 is 29.9 Å². The maximum Gasteiger partial charge on any atom is 0.191 e. The standard InChI is InChI=1S/C22H39N5.HI/c1-6-23-21(25-18-22(2,3)27-13-8-7-9-14-27)24-16-19-11-10-12-20(15-19)17-26(4)5;/h10-12,15H,6-9,13-14,16-18H2,1-5H3,(H2,23,24,25);1H. The average molecular weight is 502 g/mol. The van der Waals surface area contributed by atoms with Gasteiger partial charge in [-0.2, -0.15) is 0 Å². The fraction of sp³-hybridized carbons (Fsp3) is 0.682. The van der Waals surface area contributed by atoms with E-state index in [0.29, 0.717) is 6.54 Å². The van der Waals surface area contributed by atoms with Crippen LogP contribution in [0.25, 0.3) is 0 Å². The Kier molecular flexibility index (Phi) is 11.4. The van der Waals surface area contributed by atoms with Crippen molar-refractivity contribution in [3.05, 3.63) is 35.4 Å². The van der Waals surface area contributed by atoms with Crippen LogP contribution in [-0.4, -0.2) is 61.6 Å². The molecule has 0 aliphatic carbocycles. The van der Waals surface area contributed by atoms with Crippen molar-refractivity contribution < 1.29 is 0 Å². The molecule has 0 atom stereocenters. The van der Waals surface area contributed by atoms with Crippen molar-refractivity contribution in [2.75, 3.05) is 40.3 Å². The molecule has 1 aliphatic heterocycles. The number of nitrogens with one attached hydrogen (secondary N) is 2. The molecule has 1 aliphatic rings. The lowest BCUT2D eigenvalue weighted by Crippen LogP contribution is -2.54. The molecule has 0 aromatic heterocycles. The highest BCUT2D eigenvalue weighted by Crippen LogP contribution is 2.19. The number of aliphatic imine (C=N–C) groups is 1. The monoisotopic (exact) mass is 501 g/mol. The van der Waals surface area contributed by atoms with Crippen molar-refractivity contribution in [3.8, 4) is 0 Å². The molecule has 0 unspecified atom stereocenters. The Morgan fingerprint density at radius 1 is 1.11 bits per heavy atom. The van der Waals surface area contributed by atoms with Crippen LogP contribution in [0.5, 0.6) is 0 Å². The number of likely N-dealkylation sites (tertiary alicyclic amines) is 1. The number of rotatable bonds is 8. The summed E-state index contributed by atoms with van der Waals surface area (Å²) < 4.78 is 0. The highest BCUT2D eigenvalue weighted by atomic mass is 127. The molecule has 0 saturated carbocycles. The highest BCUT2D eigenvalue weighted by Gasteiger charge is 2.27. The van der Waals surface area contributed by atoms with Crippen LogP contribution in [0.1, 0.15) is 51.2 Å². The first-order chi connectivity index (χ1) is 12.9. The van der Waals surface area contributed by atoms with Gasteiger partial charge in [0.15, 0.2) is 5.96 Å². The van der Waals surface area contributed by atoms with E-state index in [1.54, 1.807) is 0 Å². The first-order valence-corrected chi connectivity index (χ1v) is 10.4. The molecule has 28 heavy (non-hydrogen) atoms. The van der Waals surface area contributed by atoms with Gasteiger partial charge >= 0.3 is 0 Å². The Balaban J connectivity index is 0.00000392. The largest absolute Gasteiger partial charge is 0.357 e. The maximum absolute atomic E-state index is 4.81. The SMILES string of the molecule is CCNC(=NCc1cccc(CN(C)C)c1)NCC(C)(C)N1CCCCC1.I. The molecule has 1 aromatic rings. The number of guanidine groups is 1. The van der Waals surface area contributed by atoms with E-state index < -0.39 is 0 Å². The summed E-state index contributed by atoms with van der Waals surface area (Å²) in [5.41, 5.74) is 2.72. The number of halogens is 1. The van der Waals surface area contributed by atoms with Crippen molar-refractivity contribution in [1.29, 1.82) is 0 Å². The molecule has 0 radical (unpaired) electrons. The minimum absolute atomic E-state index is 0. The van der Waals surface area contributed by atoms with Gasteiger partial charge < -0.3 is 15.5 Å². The molecule has 1 saturated heterocycles. The summed E-state index contributed by atoms with van der Waals surface area (Å²) in [6, 6.07) is 8.72. The Hall–Kier alpha value is -0.860. The number of hydrogen-bond acceptors (Lipinski definition) is 3. The van der Waals surface area contributed by atoms with Gasteiger partial charge in [-0.25, -0.2) is 4.99 Å². The average Bonchev–Trinajstić information content (AvgIpc) is 2.64. The summed E-state index contributed by atoms with van der Waals surface area (Å²) >= 11 is 0. The van der Waals surface area contributed by atoms with E-state index in [0.717, 1.165) is 25.6 Å². The lowest BCUT2D eigenvalue weighted by atomic mass is 9.98. The van der Waals surface area contributed by atoms with Gasteiger partial charge in [-0.15, -0.1) is 24.0 Å². The molecular formula is C22H40IN5. The van der Waals surface area contributed by atoms with Crippen LogP contribution in [0.4, 0.5) is 0 Å². The van der Waals surface area contributed by atoms with Crippen molar-refractivity contribution in [3.63, 3.8) is 0 Å². The Morgan fingerprint density at radius 2 is 1.79 bits per heavy atom. The molecule has 2 rings (SSSR count). The predicted molar refractivity (Wildman–Crippen MR) is 132 cm³/mol. The fourth-order valence-corrected chi connectivity index (χ4v) is 3.61. The Morgan fingerprint density at radius 3 is 2.43 bits per heavy atom. The van der Waals surface area contributed by atoms with E-state index in [-0.39, 0.29) is 29.5 Å². The third-order valence-electron chi connectivity index (χ3n) is 5.15. The van der Waals surface area contributed by atoms with Crippen LogP contribution >= 0.6 is 24.0 Å². The zero-order chi connectivity index (χ0) is 19.7. The molecule has 2 N–H and O–H groups in total. The van der Waals surface area contributed by atoms with E-state index in [1.165, 1.54) is 43.5 Å². The van der Waals surface area contributed by atoms with Crippen molar-refractivity contribution in [2.24, 2.45) is 4.99 Å². The first-order valence-electron chi connectivity index (χ1n) is 10.4. The van der Waals surface area contributed by atoms with E-state index in [1.807, 2.05) is 0 Å². The van der Waals surface area contributed by atoms with E-state index in [2.05, 4.69) is 79.6 Å². The van der Waals surface area contributed by atoms with Crippen molar-refractivity contribution in [1.82, 2.24) is 20.4 Å². The van der Waals surface area contributed by atoms with Crippen LogP contribution in [0, 0.1) is 0 Å². The summed E-state index contributed by atoms with van der Waals surface area (Å²) in [6.45, 7) is 12.6. The molecule has 160 valence electrons. The maximum atomic E-state index is 4.81. The van der Waals surface area contributed by atoms with Crippen LogP contribution in [0.3, 0.4) is 0 Å². The van der Waals surface area contributed by atoms with Gasteiger partial charge in [0, 0.05) is 25.2 Å². The van der Waals surface area contributed by atoms with Gasteiger partial charge in [0.1, 0.15) is 0 Å². The zero-order valence-corrected chi connectivity index (χ0v) is 20.8. The quantitative estimate of drug-likeness (QED) is 0.324. The number of piperidine rings is 1. The van der Waals surface area contributed by atoms with Gasteiger partial charge in [-0.1, -0.05) is 30.7 Å². The van der Waals surface area contributed by atoms with Gasteiger partial charge in [-0.05, 0) is 71.9 Å². The normalized spacial score (nSPS) is 16.0. The van der Waals surface area contributed by atoms with Crippen LogP contribution in [0.15, 0.2) is 29.3 Å². The molecule has 0 bridgehead atoms. The van der Waals surface area contributed by atoms with Gasteiger partial charge in [0.05, 0.1) is 6.54 Å². The predicted octanol–water partition coefficient (Wildman–Crippen LogP) is 3.69. The smallest absolute Gasteiger partial charge is 0.191 e. The Bertz CT molecular complexity index is 594. The fourth-order valence-electron chi connectivity index (χ4n) is 3.61. The number of hydrogen-bond donors (Lipinski definition) is 2. The molecule has 1 fully saturated rings. The molecule has 6 heteroatoms. The highest BCUT2D eigenvalue weighted by molar-refractivity contribution is 14.0. The van der Waals surface area contributed by atoms with Crippen molar-refractivity contribution in [2.45, 2.75) is 58.7 Å². The van der Waals surface area contributed by atoms with E-state index in [4.69, 9.17) is 4.99 Å². The molecular weight excluding hydrogens is 461 g/mol. The van der Waals surface area contributed by atoms with Gasteiger partial charge in [-0.3, -0.25) is 4.90 Å². The molecule has 1 heterocycles. The third kappa shape index (κ3) is 8.66. The molecule has 0 spiro atoms. The van der Waals surface area contributed by atoms with Crippen LogP contribution in [-0.2, 0) is 13.1 Å². The second-order valence-corrected chi connectivity index (χ2v) is 8.47. The minimum atomic E-state index is 0. The lowest BCUT2D eigenvalue weighted by Gasteiger charge is -2.41. The molecule has 0 amide bonds. The number of benzene rings is 1. The molecule has 5 nitrogen and oxygen atoms in total. The third-order valence-corrected chi connectivity index (χ3v) is 5.15. The summed E-state index contributed by atoms with van der Waals surface area (Å²) in [6.07, 6.45) is 4.01. The van der Waals surface area contributed by atoms with E-state index in [9.17, 15) is 0 Å². The number of nitrogens with zero attached hydrogens (tertiary/aromatic N) is 3. The summed E-state index contributed by atoms with van der Waals surface area (Å²) in [5, 5.41) is 6.95. The summed E-state index contributed by atoms with van der Waals surface area (Å²) in [4.78, 5) is 9.61. The summed E-state index contributed by atoms with van der Waals surface area (Å²) in [7, 11) is 4.20. The molecule has 1 aromatic carbocycles. The van der Waals surface area contributed by atoms with Gasteiger partial charge in [0.25, 0.3) is 0 Å². The van der Waals surface area contributed by atoms with E-state index >= 15 is 0 Å². The topological polar surface area (TPSA) is 42.9 Å². The zero-order valence-electron chi connectivity index (χ0n) is 18.4. The first kappa shape index (κ1) is 25.2. The van der Waals surface area contributed by atoms with Crippen LogP contribution in [0.2, 0.25) is 0 Å².